The van der Waals surface area contributed by atoms with Gasteiger partial charge in [-0.25, -0.2) is 8.42 Å². The fraction of sp³-hybridized carbons (Fsp3) is 0.188. The first-order valence-electron chi connectivity index (χ1n) is 7.81. The molecule has 7 nitrogen and oxygen atoms in total. The molecule has 10 heteroatoms. The third-order valence-electron chi connectivity index (χ3n) is 3.89. The van der Waals surface area contributed by atoms with Crippen molar-refractivity contribution in [3.63, 3.8) is 0 Å². The zero-order valence-electron chi connectivity index (χ0n) is 13.7. The number of hydrogen-bond donors (Lipinski definition) is 1. The van der Waals surface area contributed by atoms with Crippen LogP contribution in [0.2, 0.25) is 0 Å². The highest BCUT2D eigenvalue weighted by Gasteiger charge is 2.36. The van der Waals surface area contributed by atoms with E-state index in [-0.39, 0.29) is 11.4 Å². The number of amides is 1. The number of carbonyl (C=O) groups is 1. The van der Waals surface area contributed by atoms with Crippen LogP contribution in [0.15, 0.2) is 45.6 Å². The molecular weight excluding hydrogens is 392 g/mol. The zero-order valence-corrected chi connectivity index (χ0v) is 16.1. The molecule has 3 aromatic rings. The van der Waals surface area contributed by atoms with Gasteiger partial charge in [-0.15, -0.1) is 10.2 Å². The molecule has 0 fully saturated rings. The maximum Gasteiger partial charge on any atom is 0.265 e. The van der Waals surface area contributed by atoms with E-state index in [4.69, 9.17) is 0 Å². The summed E-state index contributed by atoms with van der Waals surface area (Å²) in [5, 5.41) is 12.4. The molecule has 0 bridgehead atoms. The van der Waals surface area contributed by atoms with E-state index < -0.39 is 15.9 Å². The lowest BCUT2D eigenvalue weighted by Gasteiger charge is -2.17. The first-order chi connectivity index (χ1) is 12.5. The Labute approximate surface area is 158 Å². The molecule has 2 aromatic carbocycles. The van der Waals surface area contributed by atoms with Gasteiger partial charge >= 0.3 is 0 Å². The molecule has 1 aliphatic rings. The topological polar surface area (TPSA) is 92.3 Å². The number of rotatable bonds is 5. The third kappa shape index (κ3) is 2.83. The number of anilines is 2. The summed E-state index contributed by atoms with van der Waals surface area (Å²) in [4.78, 5) is 12.6. The molecule has 0 saturated carbocycles. The monoisotopic (exact) mass is 406 g/mol. The van der Waals surface area contributed by atoms with Crippen LogP contribution in [-0.4, -0.2) is 36.8 Å². The molecule has 1 aliphatic heterocycles. The first-order valence-corrected chi connectivity index (χ1v) is 11.1. The Balaban J connectivity index is 1.60. The number of benzene rings is 2. The van der Waals surface area contributed by atoms with Gasteiger partial charge in [0.15, 0.2) is 4.34 Å². The quantitative estimate of drug-likeness (QED) is 0.517. The number of nitrogens with one attached hydrogen (secondary N) is 1. The molecule has 134 valence electrons. The minimum atomic E-state index is -3.75. The Hall–Kier alpha value is -2.17. The number of nitrogens with zero attached hydrogens (tertiary/aromatic N) is 3. The minimum absolute atomic E-state index is 0.232. The van der Waals surface area contributed by atoms with Gasteiger partial charge in [-0.1, -0.05) is 54.3 Å². The summed E-state index contributed by atoms with van der Waals surface area (Å²) in [6, 6.07) is 10.5. The molecular formula is C16H14N4O3S3. The lowest BCUT2D eigenvalue weighted by Crippen LogP contribution is -2.35. The van der Waals surface area contributed by atoms with Crippen molar-refractivity contribution in [3.05, 3.63) is 36.4 Å². The van der Waals surface area contributed by atoms with Gasteiger partial charge in [0.1, 0.15) is 6.54 Å². The fourth-order valence-electron chi connectivity index (χ4n) is 2.86. The number of hydrogen-bond acceptors (Lipinski definition) is 7. The van der Waals surface area contributed by atoms with E-state index in [9.17, 15) is 13.2 Å². The van der Waals surface area contributed by atoms with Crippen molar-refractivity contribution < 1.29 is 13.2 Å². The summed E-state index contributed by atoms with van der Waals surface area (Å²) in [6.45, 7) is 1.69. The third-order valence-corrected chi connectivity index (χ3v) is 7.55. The minimum Gasteiger partial charge on any atom is -0.299 e. The molecule has 26 heavy (non-hydrogen) atoms. The van der Waals surface area contributed by atoms with E-state index in [1.165, 1.54) is 23.1 Å². The number of carbonyl (C=O) groups excluding carboxylic acids is 1. The van der Waals surface area contributed by atoms with Gasteiger partial charge in [0.25, 0.3) is 10.0 Å². The van der Waals surface area contributed by atoms with Crippen molar-refractivity contribution in [2.45, 2.75) is 16.2 Å². The summed E-state index contributed by atoms with van der Waals surface area (Å²) in [5.41, 5.74) is 0.521. The van der Waals surface area contributed by atoms with E-state index in [1.807, 2.05) is 19.1 Å². The highest BCUT2D eigenvalue weighted by Crippen LogP contribution is 2.41. The second kappa shape index (κ2) is 6.53. The lowest BCUT2D eigenvalue weighted by atomic mass is 10.1. The lowest BCUT2D eigenvalue weighted by molar-refractivity contribution is -0.114. The highest BCUT2D eigenvalue weighted by molar-refractivity contribution is 8.01. The van der Waals surface area contributed by atoms with Gasteiger partial charge in [0, 0.05) is 5.39 Å². The predicted octanol–water partition coefficient (Wildman–Crippen LogP) is 2.95. The van der Waals surface area contributed by atoms with Gasteiger partial charge < -0.3 is 0 Å². The standard InChI is InChI=1S/C16H14N4O3S3/c1-2-24-16-19-18-15(25-16)17-13(21)9-20-11-7-3-5-10-6-4-8-12(14(10)11)26(20,22)23/h3-8H,2,9H2,1H3,(H,17,18,21). The van der Waals surface area contributed by atoms with E-state index >= 15 is 0 Å². The maximum atomic E-state index is 12.9. The number of thioether (sulfide) groups is 1. The summed E-state index contributed by atoms with van der Waals surface area (Å²) < 4.78 is 27.6. The number of sulfonamides is 1. The molecule has 0 radical (unpaired) electrons. The van der Waals surface area contributed by atoms with Crippen LogP contribution >= 0.6 is 23.1 Å². The smallest absolute Gasteiger partial charge is 0.265 e. The van der Waals surface area contributed by atoms with Gasteiger partial charge in [-0.05, 0) is 23.3 Å². The molecule has 0 aliphatic carbocycles. The van der Waals surface area contributed by atoms with E-state index in [0.29, 0.717) is 16.2 Å². The van der Waals surface area contributed by atoms with Crippen molar-refractivity contribution in [3.8, 4) is 0 Å². The Morgan fingerprint density at radius 1 is 1.23 bits per heavy atom. The van der Waals surface area contributed by atoms with Crippen LogP contribution in [0.5, 0.6) is 0 Å². The molecule has 0 spiro atoms. The fourth-order valence-corrected chi connectivity index (χ4v) is 6.19. The molecule has 0 atom stereocenters. The molecule has 1 amide bonds. The van der Waals surface area contributed by atoms with E-state index in [2.05, 4.69) is 15.5 Å². The van der Waals surface area contributed by atoms with Crippen LogP contribution in [0.4, 0.5) is 10.8 Å². The summed E-state index contributed by atoms with van der Waals surface area (Å²) in [7, 11) is -3.75. The maximum absolute atomic E-state index is 12.9. The van der Waals surface area contributed by atoms with Crippen molar-refractivity contribution in [1.82, 2.24) is 10.2 Å². The average molecular weight is 407 g/mol. The van der Waals surface area contributed by atoms with Crippen LogP contribution in [0.25, 0.3) is 10.8 Å². The van der Waals surface area contributed by atoms with Crippen molar-refractivity contribution in [2.75, 3.05) is 21.9 Å². The molecule has 1 aromatic heterocycles. The second-order valence-electron chi connectivity index (χ2n) is 5.50. The Morgan fingerprint density at radius 3 is 2.77 bits per heavy atom. The Bertz CT molecular complexity index is 1110. The molecule has 2 heterocycles. The Kier molecular flexibility index (Phi) is 4.33. The van der Waals surface area contributed by atoms with Crippen LogP contribution in [-0.2, 0) is 14.8 Å². The summed E-state index contributed by atoms with van der Waals surface area (Å²) >= 11 is 2.80. The van der Waals surface area contributed by atoms with Gasteiger partial charge in [-0.3, -0.25) is 14.4 Å². The molecule has 0 saturated heterocycles. The normalized spacial score (nSPS) is 14.7. The van der Waals surface area contributed by atoms with Crippen LogP contribution in [0, 0.1) is 0 Å². The van der Waals surface area contributed by atoms with Crippen molar-refractivity contribution in [2.24, 2.45) is 0 Å². The van der Waals surface area contributed by atoms with E-state index in [0.717, 1.165) is 19.8 Å². The largest absolute Gasteiger partial charge is 0.299 e. The number of aromatic nitrogens is 2. The van der Waals surface area contributed by atoms with Crippen LogP contribution in [0.3, 0.4) is 0 Å². The SMILES string of the molecule is CCSc1nnc(NC(=O)CN2c3cccc4cccc(c34)S2(=O)=O)s1. The highest BCUT2D eigenvalue weighted by atomic mass is 32.2. The van der Waals surface area contributed by atoms with Crippen LogP contribution in [0.1, 0.15) is 6.92 Å². The molecule has 0 unspecified atom stereocenters. The summed E-state index contributed by atoms with van der Waals surface area (Å²) in [5.74, 6) is 0.402. The second-order valence-corrected chi connectivity index (χ2v) is 9.82. The molecule has 4 rings (SSSR count). The average Bonchev–Trinajstić information content (AvgIpc) is 3.13. The first kappa shape index (κ1) is 17.3. The Morgan fingerprint density at radius 2 is 2.00 bits per heavy atom. The predicted molar refractivity (Wildman–Crippen MR) is 103 cm³/mol. The van der Waals surface area contributed by atoms with Crippen molar-refractivity contribution in [1.29, 1.82) is 0 Å². The van der Waals surface area contributed by atoms with Crippen molar-refractivity contribution >= 4 is 60.6 Å². The van der Waals surface area contributed by atoms with Gasteiger partial charge in [-0.2, -0.15) is 0 Å². The summed E-state index contributed by atoms with van der Waals surface area (Å²) in [6.07, 6.45) is 0. The van der Waals surface area contributed by atoms with E-state index in [1.54, 1.807) is 24.3 Å². The van der Waals surface area contributed by atoms with Gasteiger partial charge in [0.2, 0.25) is 11.0 Å². The van der Waals surface area contributed by atoms with Crippen LogP contribution < -0.4 is 9.62 Å². The van der Waals surface area contributed by atoms with Gasteiger partial charge in [0.05, 0.1) is 10.6 Å². The molecule has 1 N–H and O–H groups in total. The zero-order chi connectivity index (χ0) is 18.3.